The average Bonchev–Trinajstić information content (AvgIpc) is 2.52. The molecule has 0 spiro atoms. The van der Waals surface area contributed by atoms with E-state index in [0.717, 1.165) is 0 Å². The van der Waals surface area contributed by atoms with Crippen molar-refractivity contribution in [1.82, 2.24) is 5.32 Å². The molecule has 0 aliphatic carbocycles. The maximum absolute atomic E-state index is 11.9. The standard InChI is InChI=1S/C8H12.C4H7F2N/c1-4-6-8(3)7-5-2;5-4(6)1-2-7-3-4/h4-7H,1H2,2-3H3;7H,1-3H2/b7-5-,8-6-;. The number of hydrogen-bond donors (Lipinski definition) is 1. The Labute approximate surface area is 90.6 Å². The average molecular weight is 215 g/mol. The summed E-state index contributed by atoms with van der Waals surface area (Å²) < 4.78 is 23.8. The molecule has 0 bridgehead atoms. The SMILES string of the molecule is C=C/C=C(C)\C=C/C.FC1(F)CCNC1. The third-order valence-corrected chi connectivity index (χ3v) is 1.86. The molecule has 0 aromatic rings. The van der Waals surface area contributed by atoms with Crippen LogP contribution in [-0.2, 0) is 0 Å². The number of nitrogens with one attached hydrogen (secondary N) is 1. The smallest absolute Gasteiger partial charge is 0.261 e. The van der Waals surface area contributed by atoms with Crippen LogP contribution >= 0.6 is 0 Å². The first-order chi connectivity index (χ1) is 7.02. The van der Waals surface area contributed by atoms with E-state index in [9.17, 15) is 8.78 Å². The Balaban J connectivity index is 0.000000262. The second-order valence-corrected chi connectivity index (χ2v) is 3.43. The maximum Gasteiger partial charge on any atom is 0.261 e. The van der Waals surface area contributed by atoms with Crippen LogP contribution in [0.2, 0.25) is 0 Å². The third kappa shape index (κ3) is 8.06. The molecule has 86 valence electrons. The van der Waals surface area contributed by atoms with E-state index in [2.05, 4.69) is 11.9 Å². The number of hydrogen-bond acceptors (Lipinski definition) is 1. The van der Waals surface area contributed by atoms with E-state index in [1.54, 1.807) is 6.08 Å². The fourth-order valence-corrected chi connectivity index (χ4v) is 1.14. The van der Waals surface area contributed by atoms with Crippen molar-refractivity contribution in [3.8, 4) is 0 Å². The van der Waals surface area contributed by atoms with E-state index < -0.39 is 5.92 Å². The van der Waals surface area contributed by atoms with Crippen molar-refractivity contribution < 1.29 is 8.78 Å². The zero-order chi connectivity index (χ0) is 11.7. The summed E-state index contributed by atoms with van der Waals surface area (Å²) in [7, 11) is 0. The van der Waals surface area contributed by atoms with Crippen LogP contribution in [0, 0.1) is 0 Å². The summed E-state index contributed by atoms with van der Waals surface area (Å²) in [6, 6.07) is 0. The molecule has 1 nitrogen and oxygen atoms in total. The Kier molecular flexibility index (Phi) is 6.88. The minimum absolute atomic E-state index is 0.00694. The van der Waals surface area contributed by atoms with E-state index in [-0.39, 0.29) is 13.0 Å². The first-order valence-corrected chi connectivity index (χ1v) is 5.02. The first kappa shape index (κ1) is 14.0. The van der Waals surface area contributed by atoms with Gasteiger partial charge in [-0.15, -0.1) is 0 Å². The summed E-state index contributed by atoms with van der Waals surface area (Å²) in [5, 5.41) is 2.56. The van der Waals surface area contributed by atoms with Crippen LogP contribution in [0.15, 0.2) is 36.5 Å². The van der Waals surface area contributed by atoms with Gasteiger partial charge in [0.05, 0.1) is 6.54 Å². The predicted molar refractivity (Wildman–Crippen MR) is 61.2 cm³/mol. The van der Waals surface area contributed by atoms with Gasteiger partial charge in [0.1, 0.15) is 0 Å². The van der Waals surface area contributed by atoms with Crippen molar-refractivity contribution in [2.75, 3.05) is 13.1 Å². The van der Waals surface area contributed by atoms with E-state index in [1.807, 2.05) is 32.1 Å². The number of halogens is 2. The van der Waals surface area contributed by atoms with E-state index in [1.165, 1.54) is 5.57 Å². The molecule has 0 saturated carbocycles. The Bertz CT molecular complexity index is 234. The Morgan fingerprint density at radius 3 is 2.40 bits per heavy atom. The number of allylic oxidation sites excluding steroid dienone is 5. The quantitative estimate of drug-likeness (QED) is 0.697. The largest absolute Gasteiger partial charge is 0.311 e. The van der Waals surface area contributed by atoms with Crippen LogP contribution < -0.4 is 5.32 Å². The summed E-state index contributed by atoms with van der Waals surface area (Å²) in [5.74, 6) is -2.42. The van der Waals surface area contributed by atoms with Crippen LogP contribution in [0.25, 0.3) is 0 Å². The molecule has 1 aliphatic rings. The Hall–Kier alpha value is -0.960. The molecule has 0 radical (unpaired) electrons. The predicted octanol–water partition coefficient (Wildman–Crippen LogP) is 3.31. The van der Waals surface area contributed by atoms with Gasteiger partial charge >= 0.3 is 0 Å². The highest BCUT2D eigenvalue weighted by atomic mass is 19.3. The molecule has 0 aromatic carbocycles. The first-order valence-electron chi connectivity index (χ1n) is 5.02. The van der Waals surface area contributed by atoms with Gasteiger partial charge in [0.2, 0.25) is 0 Å². The van der Waals surface area contributed by atoms with Crippen molar-refractivity contribution in [2.24, 2.45) is 0 Å². The lowest BCUT2D eigenvalue weighted by atomic mass is 10.2. The topological polar surface area (TPSA) is 12.0 Å². The van der Waals surface area contributed by atoms with Gasteiger partial charge in [0, 0.05) is 13.0 Å². The highest BCUT2D eigenvalue weighted by Gasteiger charge is 2.32. The zero-order valence-electron chi connectivity index (χ0n) is 9.39. The fraction of sp³-hybridized carbons (Fsp3) is 0.500. The summed E-state index contributed by atoms with van der Waals surface area (Å²) in [6.45, 7) is 7.95. The molecule has 0 aromatic heterocycles. The van der Waals surface area contributed by atoms with Crippen molar-refractivity contribution in [3.05, 3.63) is 36.5 Å². The molecule has 1 rings (SSSR count). The molecule has 1 fully saturated rings. The van der Waals surface area contributed by atoms with Crippen LogP contribution in [0.1, 0.15) is 20.3 Å². The molecule has 1 heterocycles. The number of rotatable bonds is 2. The molecule has 1 saturated heterocycles. The molecular weight excluding hydrogens is 196 g/mol. The molecule has 0 atom stereocenters. The maximum atomic E-state index is 11.9. The van der Waals surface area contributed by atoms with Crippen LogP contribution in [0.5, 0.6) is 0 Å². The molecular formula is C12H19F2N. The lowest BCUT2D eigenvalue weighted by molar-refractivity contribution is 0.0238. The molecule has 3 heteroatoms. The summed E-state index contributed by atoms with van der Waals surface area (Å²) in [6.07, 6.45) is 7.82. The second kappa shape index (κ2) is 7.35. The fourth-order valence-electron chi connectivity index (χ4n) is 1.14. The van der Waals surface area contributed by atoms with Gasteiger partial charge in [-0.3, -0.25) is 0 Å². The van der Waals surface area contributed by atoms with Gasteiger partial charge in [0.15, 0.2) is 0 Å². The van der Waals surface area contributed by atoms with Gasteiger partial charge in [-0.2, -0.15) is 0 Å². The number of alkyl halides is 2. The lowest BCUT2D eigenvalue weighted by Gasteiger charge is -2.02. The highest BCUT2D eigenvalue weighted by molar-refractivity contribution is 5.19. The van der Waals surface area contributed by atoms with Gasteiger partial charge in [-0.1, -0.05) is 36.5 Å². The van der Waals surface area contributed by atoms with Crippen LogP contribution in [0.3, 0.4) is 0 Å². The molecule has 0 amide bonds. The summed E-state index contributed by atoms with van der Waals surface area (Å²) >= 11 is 0. The third-order valence-electron chi connectivity index (χ3n) is 1.86. The molecule has 1 N–H and O–H groups in total. The highest BCUT2D eigenvalue weighted by Crippen LogP contribution is 2.19. The van der Waals surface area contributed by atoms with Crippen molar-refractivity contribution in [2.45, 2.75) is 26.2 Å². The molecule has 15 heavy (non-hydrogen) atoms. The van der Waals surface area contributed by atoms with Gasteiger partial charge in [0.25, 0.3) is 5.92 Å². The van der Waals surface area contributed by atoms with Crippen molar-refractivity contribution in [3.63, 3.8) is 0 Å². The van der Waals surface area contributed by atoms with E-state index >= 15 is 0 Å². The zero-order valence-corrected chi connectivity index (χ0v) is 9.39. The van der Waals surface area contributed by atoms with Gasteiger partial charge in [-0.25, -0.2) is 8.78 Å². The van der Waals surface area contributed by atoms with Crippen LogP contribution in [0.4, 0.5) is 8.78 Å². The van der Waals surface area contributed by atoms with Crippen molar-refractivity contribution in [1.29, 1.82) is 0 Å². The minimum Gasteiger partial charge on any atom is -0.311 e. The summed E-state index contributed by atoms with van der Waals surface area (Å²) in [5.41, 5.74) is 1.24. The Morgan fingerprint density at radius 1 is 1.47 bits per heavy atom. The minimum atomic E-state index is -2.42. The molecule has 1 aliphatic heterocycles. The monoisotopic (exact) mass is 215 g/mol. The van der Waals surface area contributed by atoms with Crippen molar-refractivity contribution >= 4 is 0 Å². The van der Waals surface area contributed by atoms with E-state index in [4.69, 9.17) is 0 Å². The normalized spacial score (nSPS) is 19.9. The second-order valence-electron chi connectivity index (χ2n) is 3.43. The van der Waals surface area contributed by atoms with Gasteiger partial charge in [-0.05, 0) is 13.8 Å². The van der Waals surface area contributed by atoms with Crippen LogP contribution in [-0.4, -0.2) is 19.0 Å². The van der Waals surface area contributed by atoms with Gasteiger partial charge < -0.3 is 5.32 Å². The lowest BCUT2D eigenvalue weighted by Crippen LogP contribution is -2.18. The Morgan fingerprint density at radius 2 is 2.13 bits per heavy atom. The summed E-state index contributed by atoms with van der Waals surface area (Å²) in [4.78, 5) is 0. The van der Waals surface area contributed by atoms with E-state index in [0.29, 0.717) is 6.54 Å². The molecule has 0 unspecified atom stereocenters.